The molecule has 20 heavy (non-hydrogen) atoms. The number of hydrogen-bond donors (Lipinski definition) is 3. The van der Waals surface area contributed by atoms with Gasteiger partial charge in [-0.25, -0.2) is 4.79 Å². The van der Waals surface area contributed by atoms with Crippen molar-refractivity contribution in [2.75, 3.05) is 31.1 Å². The monoisotopic (exact) mass is 318 g/mol. The summed E-state index contributed by atoms with van der Waals surface area (Å²) in [6.45, 7) is 1.88. The Morgan fingerprint density at radius 3 is 2.85 bits per heavy atom. The third-order valence-corrected chi connectivity index (χ3v) is 3.11. The lowest BCUT2D eigenvalue weighted by molar-refractivity contribution is 0.0954. The Kier molecular flexibility index (Phi) is 6.06. The summed E-state index contributed by atoms with van der Waals surface area (Å²) in [4.78, 5) is 25.0. The van der Waals surface area contributed by atoms with E-state index in [4.69, 9.17) is 17.3 Å². The molecule has 1 fully saturated rings. The molecule has 110 valence electrons. The van der Waals surface area contributed by atoms with E-state index in [1.807, 2.05) is 0 Å². The number of anilines is 1. The van der Waals surface area contributed by atoms with Crippen molar-refractivity contribution in [3.63, 3.8) is 0 Å². The molecule has 1 aromatic rings. The second kappa shape index (κ2) is 7.33. The molecule has 4 N–H and O–H groups in total. The van der Waals surface area contributed by atoms with Crippen molar-refractivity contribution in [2.45, 2.75) is 0 Å². The molecule has 0 aromatic heterocycles. The highest BCUT2D eigenvalue weighted by molar-refractivity contribution is 6.34. The van der Waals surface area contributed by atoms with Crippen molar-refractivity contribution >= 4 is 41.6 Å². The number of nitrogens with zero attached hydrogens (tertiary/aromatic N) is 1. The third kappa shape index (κ3) is 3.53. The molecule has 6 nitrogen and oxygen atoms in total. The van der Waals surface area contributed by atoms with E-state index < -0.39 is 0 Å². The lowest BCUT2D eigenvalue weighted by Gasteiger charge is -2.17. The predicted molar refractivity (Wildman–Crippen MR) is 80.8 cm³/mol. The Morgan fingerprint density at radius 1 is 1.50 bits per heavy atom. The van der Waals surface area contributed by atoms with E-state index >= 15 is 0 Å². The summed E-state index contributed by atoms with van der Waals surface area (Å²) in [5.41, 5.74) is 6.32. The van der Waals surface area contributed by atoms with E-state index in [1.165, 1.54) is 4.90 Å². The van der Waals surface area contributed by atoms with Gasteiger partial charge in [-0.2, -0.15) is 0 Å². The zero-order chi connectivity index (χ0) is 13.8. The molecule has 1 saturated heterocycles. The minimum atomic E-state index is -0.233. The Morgan fingerprint density at radius 2 is 2.25 bits per heavy atom. The van der Waals surface area contributed by atoms with Crippen molar-refractivity contribution in [1.29, 1.82) is 0 Å². The van der Waals surface area contributed by atoms with Crippen LogP contribution in [-0.2, 0) is 0 Å². The molecular weight excluding hydrogens is 303 g/mol. The summed E-state index contributed by atoms with van der Waals surface area (Å²) in [5, 5.41) is 5.80. The first-order valence-electron chi connectivity index (χ1n) is 5.96. The first kappa shape index (κ1) is 16.6. The van der Waals surface area contributed by atoms with Crippen LogP contribution in [-0.4, -0.2) is 38.1 Å². The van der Waals surface area contributed by atoms with Gasteiger partial charge < -0.3 is 16.4 Å². The summed E-state index contributed by atoms with van der Waals surface area (Å²) in [6, 6.07) is 4.63. The summed E-state index contributed by atoms with van der Waals surface area (Å²) in [5.74, 6) is -0.233. The number of carbonyl (C=O) groups is 2. The molecule has 0 atom stereocenters. The quantitative estimate of drug-likeness (QED) is 0.773. The number of rotatable bonds is 4. The van der Waals surface area contributed by atoms with Crippen molar-refractivity contribution < 1.29 is 9.59 Å². The van der Waals surface area contributed by atoms with Gasteiger partial charge in [0.1, 0.15) is 0 Å². The Bertz CT molecular complexity index is 510. The molecule has 1 aromatic carbocycles. The van der Waals surface area contributed by atoms with Gasteiger partial charge in [-0.05, 0) is 18.2 Å². The molecule has 0 unspecified atom stereocenters. The van der Waals surface area contributed by atoms with E-state index in [9.17, 15) is 9.59 Å². The lowest BCUT2D eigenvalue weighted by atomic mass is 10.1. The topological polar surface area (TPSA) is 87.5 Å². The first-order valence-corrected chi connectivity index (χ1v) is 6.34. The molecule has 0 aliphatic carbocycles. The third-order valence-electron chi connectivity index (χ3n) is 2.79. The van der Waals surface area contributed by atoms with Gasteiger partial charge >= 0.3 is 6.03 Å². The van der Waals surface area contributed by atoms with Crippen LogP contribution in [0.25, 0.3) is 0 Å². The maximum atomic E-state index is 11.8. The van der Waals surface area contributed by atoms with Gasteiger partial charge in [0.2, 0.25) is 0 Å². The van der Waals surface area contributed by atoms with Gasteiger partial charge in [-0.15, -0.1) is 12.4 Å². The average molecular weight is 319 g/mol. The van der Waals surface area contributed by atoms with Crippen LogP contribution in [0, 0.1) is 0 Å². The summed E-state index contributed by atoms with van der Waals surface area (Å²) in [7, 11) is 0. The molecule has 0 bridgehead atoms. The van der Waals surface area contributed by atoms with Crippen LogP contribution in [0.15, 0.2) is 18.2 Å². The lowest BCUT2D eigenvalue weighted by Crippen LogP contribution is -2.30. The van der Waals surface area contributed by atoms with Crippen LogP contribution in [0.2, 0.25) is 5.02 Å². The fourth-order valence-electron chi connectivity index (χ4n) is 1.85. The maximum Gasteiger partial charge on any atom is 0.322 e. The normalized spacial score (nSPS) is 13.7. The van der Waals surface area contributed by atoms with E-state index in [0.717, 1.165) is 0 Å². The minimum Gasteiger partial charge on any atom is -0.351 e. The highest BCUT2D eigenvalue weighted by Crippen LogP contribution is 2.28. The van der Waals surface area contributed by atoms with Crippen LogP contribution in [0.4, 0.5) is 10.5 Å². The number of benzene rings is 1. The van der Waals surface area contributed by atoms with Gasteiger partial charge in [0, 0.05) is 31.7 Å². The minimum absolute atomic E-state index is 0. The predicted octanol–water partition coefficient (Wildman–Crippen LogP) is 0.980. The van der Waals surface area contributed by atoms with Crippen molar-refractivity contribution in [3.8, 4) is 0 Å². The molecule has 1 aliphatic rings. The second-order valence-electron chi connectivity index (χ2n) is 4.09. The molecule has 1 heterocycles. The second-order valence-corrected chi connectivity index (χ2v) is 4.50. The molecule has 8 heteroatoms. The average Bonchev–Trinajstić information content (AvgIpc) is 2.82. The molecule has 3 amide bonds. The van der Waals surface area contributed by atoms with Gasteiger partial charge in [-0.3, -0.25) is 9.69 Å². The Balaban J connectivity index is 0.00000200. The SMILES string of the molecule is Cl.NCCNC(=O)c1ccc(Cl)c(N2CCNC2=O)c1. The number of hydrogen-bond acceptors (Lipinski definition) is 3. The van der Waals surface area contributed by atoms with E-state index in [1.54, 1.807) is 18.2 Å². The Hall–Kier alpha value is -1.50. The molecule has 2 rings (SSSR count). The molecule has 1 aliphatic heterocycles. The summed E-state index contributed by atoms with van der Waals surface area (Å²) < 4.78 is 0. The Labute approximate surface area is 128 Å². The zero-order valence-corrected chi connectivity index (χ0v) is 12.3. The number of amides is 3. The van der Waals surface area contributed by atoms with Crippen LogP contribution in [0.3, 0.4) is 0 Å². The maximum absolute atomic E-state index is 11.8. The molecule has 0 radical (unpaired) electrons. The highest BCUT2D eigenvalue weighted by Gasteiger charge is 2.24. The molecule has 0 saturated carbocycles. The standard InChI is InChI=1S/C12H15ClN4O2.ClH/c13-9-2-1-8(11(18)15-4-3-14)7-10(9)17-6-5-16-12(17)19;/h1-2,7H,3-6,14H2,(H,15,18)(H,16,19);1H. The van der Waals surface area contributed by atoms with Crippen LogP contribution in [0.1, 0.15) is 10.4 Å². The van der Waals surface area contributed by atoms with E-state index in [0.29, 0.717) is 42.5 Å². The summed E-state index contributed by atoms with van der Waals surface area (Å²) >= 11 is 6.08. The zero-order valence-electron chi connectivity index (χ0n) is 10.7. The van der Waals surface area contributed by atoms with Crippen molar-refractivity contribution in [1.82, 2.24) is 10.6 Å². The molecule has 0 spiro atoms. The highest BCUT2D eigenvalue weighted by atomic mass is 35.5. The van der Waals surface area contributed by atoms with E-state index in [2.05, 4.69) is 10.6 Å². The first-order chi connectivity index (χ1) is 9.13. The van der Waals surface area contributed by atoms with E-state index in [-0.39, 0.29) is 24.3 Å². The van der Waals surface area contributed by atoms with Crippen molar-refractivity contribution in [3.05, 3.63) is 28.8 Å². The van der Waals surface area contributed by atoms with Crippen LogP contribution < -0.4 is 21.3 Å². The number of carbonyl (C=O) groups excluding carboxylic acids is 2. The van der Waals surface area contributed by atoms with Gasteiger partial charge in [-0.1, -0.05) is 11.6 Å². The number of halogens is 2. The number of nitrogens with two attached hydrogens (primary N) is 1. The van der Waals surface area contributed by atoms with Gasteiger partial charge in [0.15, 0.2) is 0 Å². The largest absolute Gasteiger partial charge is 0.351 e. The van der Waals surface area contributed by atoms with Gasteiger partial charge in [0.25, 0.3) is 5.91 Å². The smallest absolute Gasteiger partial charge is 0.322 e. The number of nitrogens with one attached hydrogen (secondary N) is 2. The van der Waals surface area contributed by atoms with Crippen LogP contribution >= 0.6 is 24.0 Å². The van der Waals surface area contributed by atoms with Gasteiger partial charge in [0.05, 0.1) is 10.7 Å². The fourth-order valence-corrected chi connectivity index (χ4v) is 2.07. The summed E-state index contributed by atoms with van der Waals surface area (Å²) in [6.07, 6.45) is 0. The number of urea groups is 1. The fraction of sp³-hybridized carbons (Fsp3) is 0.333. The van der Waals surface area contributed by atoms with Crippen LogP contribution in [0.5, 0.6) is 0 Å². The molecular formula is C12H16Cl2N4O2. The van der Waals surface area contributed by atoms with Crippen molar-refractivity contribution in [2.24, 2.45) is 5.73 Å².